The van der Waals surface area contributed by atoms with Crippen LogP contribution in [0.4, 0.5) is 0 Å². The van der Waals surface area contributed by atoms with Gasteiger partial charge < -0.3 is 15.2 Å². The molecule has 0 unspecified atom stereocenters. The number of nitrogens with one attached hydrogen (secondary N) is 1. The Kier molecular flexibility index (Phi) is 10.1. The van der Waals surface area contributed by atoms with Crippen molar-refractivity contribution in [3.8, 4) is 5.75 Å². The van der Waals surface area contributed by atoms with E-state index in [1.165, 1.54) is 6.42 Å². The Morgan fingerprint density at radius 2 is 1.80 bits per heavy atom. The number of benzene rings is 1. The highest BCUT2D eigenvalue weighted by Gasteiger charge is 2.56. The van der Waals surface area contributed by atoms with Crippen molar-refractivity contribution in [2.24, 2.45) is 34.5 Å². The number of carbonyl (C=O) groups is 2. The van der Waals surface area contributed by atoms with Gasteiger partial charge in [-0.15, -0.1) is 0 Å². The SMILES string of the molecule is COc1ccc([C@H](NC(=O)/C(C)=C/CC[C@@H](C)[C@H]2CCC3=C4CC[C@H]5C[C@@H](OS(=O)(=O)O)CC[C@]5(C)[C@H]4CC[C@@]32C)C(=O)O)cc1. The van der Waals surface area contributed by atoms with E-state index in [2.05, 4.69) is 26.1 Å². The molecule has 0 aliphatic heterocycles. The van der Waals surface area contributed by atoms with Crippen molar-refractivity contribution in [2.75, 3.05) is 7.11 Å². The summed E-state index contributed by atoms with van der Waals surface area (Å²) in [6.07, 6.45) is 12.3. The summed E-state index contributed by atoms with van der Waals surface area (Å²) in [6, 6.07) is 5.52. The summed E-state index contributed by atoms with van der Waals surface area (Å²) in [4.78, 5) is 24.9. The maximum atomic E-state index is 12.9. The van der Waals surface area contributed by atoms with Crippen LogP contribution in [0.3, 0.4) is 0 Å². The molecule has 9 nitrogen and oxygen atoms in total. The van der Waals surface area contributed by atoms with E-state index < -0.39 is 28.5 Å². The predicted molar refractivity (Wildman–Crippen MR) is 175 cm³/mol. The summed E-state index contributed by atoms with van der Waals surface area (Å²) < 4.78 is 42.1. The molecular formula is C36H51NO8S. The molecule has 254 valence electrons. The molecule has 5 rings (SSSR count). The topological polar surface area (TPSA) is 139 Å². The van der Waals surface area contributed by atoms with E-state index in [0.29, 0.717) is 53.4 Å². The second kappa shape index (κ2) is 13.4. The van der Waals surface area contributed by atoms with Crippen LogP contribution >= 0.6 is 0 Å². The van der Waals surface area contributed by atoms with E-state index in [1.54, 1.807) is 49.4 Å². The first-order valence-corrected chi connectivity index (χ1v) is 18.2. The third-order valence-corrected chi connectivity index (χ3v) is 12.9. The quantitative estimate of drug-likeness (QED) is 0.129. The van der Waals surface area contributed by atoms with E-state index in [0.717, 1.165) is 51.4 Å². The molecule has 0 spiro atoms. The van der Waals surface area contributed by atoms with E-state index in [9.17, 15) is 27.7 Å². The Morgan fingerprint density at radius 1 is 1.09 bits per heavy atom. The van der Waals surface area contributed by atoms with Crippen LogP contribution in [0.25, 0.3) is 0 Å². The zero-order valence-corrected chi connectivity index (χ0v) is 28.7. The fourth-order valence-electron chi connectivity index (χ4n) is 9.85. The van der Waals surface area contributed by atoms with Crippen LogP contribution in [0.2, 0.25) is 0 Å². The zero-order chi connectivity index (χ0) is 33.4. The molecule has 3 N–H and O–H groups in total. The molecule has 1 aromatic carbocycles. The van der Waals surface area contributed by atoms with Crippen molar-refractivity contribution in [1.29, 1.82) is 0 Å². The summed E-state index contributed by atoms with van der Waals surface area (Å²) in [5, 5.41) is 12.4. The Hall–Kier alpha value is -2.69. The number of carboxylic acid groups (broad SMARTS) is 1. The van der Waals surface area contributed by atoms with E-state index in [-0.39, 0.29) is 16.7 Å². The Labute approximate surface area is 274 Å². The van der Waals surface area contributed by atoms with Gasteiger partial charge in [0.2, 0.25) is 5.91 Å². The first kappa shape index (κ1) is 34.6. The molecular weight excluding hydrogens is 606 g/mol. The van der Waals surface area contributed by atoms with Gasteiger partial charge in [0.25, 0.3) is 0 Å². The van der Waals surface area contributed by atoms with Crippen LogP contribution in [-0.4, -0.2) is 43.2 Å². The average molecular weight is 658 g/mol. The fraction of sp³-hybridized carbons (Fsp3) is 0.667. The smallest absolute Gasteiger partial charge is 0.397 e. The second-order valence-corrected chi connectivity index (χ2v) is 15.8. The zero-order valence-electron chi connectivity index (χ0n) is 27.9. The molecule has 0 radical (unpaired) electrons. The van der Waals surface area contributed by atoms with Gasteiger partial charge in [0, 0.05) is 5.57 Å². The van der Waals surface area contributed by atoms with Gasteiger partial charge in [0.1, 0.15) is 5.75 Å². The molecule has 0 bridgehead atoms. The van der Waals surface area contributed by atoms with Crippen LogP contribution < -0.4 is 10.1 Å². The molecule has 0 heterocycles. The average Bonchev–Trinajstić information content (AvgIpc) is 3.36. The number of ether oxygens (including phenoxy) is 1. The monoisotopic (exact) mass is 657 g/mol. The highest BCUT2D eigenvalue weighted by molar-refractivity contribution is 7.80. The number of methoxy groups -OCH3 is 1. The predicted octanol–water partition coefficient (Wildman–Crippen LogP) is 7.21. The van der Waals surface area contributed by atoms with Crippen molar-refractivity contribution >= 4 is 22.3 Å². The van der Waals surface area contributed by atoms with Gasteiger partial charge in [0.05, 0.1) is 13.2 Å². The van der Waals surface area contributed by atoms with Crippen LogP contribution in [-0.2, 0) is 24.2 Å². The second-order valence-electron chi connectivity index (χ2n) is 14.8. The van der Waals surface area contributed by atoms with Gasteiger partial charge in [-0.2, -0.15) is 8.42 Å². The van der Waals surface area contributed by atoms with Crippen LogP contribution in [0, 0.1) is 34.5 Å². The van der Waals surface area contributed by atoms with E-state index in [1.807, 2.05) is 6.08 Å². The normalized spacial score (nSPS) is 32.5. The number of carboxylic acids is 1. The van der Waals surface area contributed by atoms with Gasteiger partial charge in [-0.1, -0.05) is 50.1 Å². The number of rotatable bonds is 11. The lowest BCUT2D eigenvalue weighted by atomic mass is 9.49. The first-order chi connectivity index (χ1) is 21.7. The third-order valence-electron chi connectivity index (χ3n) is 12.4. The molecule has 1 amide bonds. The highest BCUT2D eigenvalue weighted by atomic mass is 32.3. The maximum absolute atomic E-state index is 12.9. The van der Waals surface area contributed by atoms with E-state index >= 15 is 0 Å². The van der Waals surface area contributed by atoms with Gasteiger partial charge in [-0.3, -0.25) is 9.35 Å². The van der Waals surface area contributed by atoms with Crippen LogP contribution in [0.1, 0.15) is 110 Å². The molecule has 0 saturated heterocycles. The number of hydrogen-bond acceptors (Lipinski definition) is 6. The molecule has 8 atom stereocenters. The lowest BCUT2D eigenvalue weighted by Crippen LogP contribution is -2.48. The van der Waals surface area contributed by atoms with Gasteiger partial charge in [0.15, 0.2) is 6.04 Å². The lowest BCUT2D eigenvalue weighted by molar-refractivity contribution is -0.141. The standard InChI is InChI=1S/C36H51NO8S/c1-22(7-6-8-23(2)33(38)37-32(34(39)40)24-9-12-26(44-5)13-10-24)29-15-16-30-28-14-11-25-21-27(45-46(41,42)43)17-19-35(25,3)31(28)18-20-36(29,30)4/h8-10,12-13,22,25,27,29,31-32H,6-7,11,14-21H2,1-5H3,(H,37,38)(H,39,40)(H,41,42,43)/b23-8+/t22-,25+,27+,29-,31+,32+,35+,36-/m1/s1. The lowest BCUT2D eigenvalue weighted by Gasteiger charge is -2.57. The number of carbonyl (C=O) groups excluding carboxylic acids is 1. The molecule has 46 heavy (non-hydrogen) atoms. The van der Waals surface area contributed by atoms with Crippen LogP contribution in [0.15, 0.2) is 47.1 Å². The number of amides is 1. The molecule has 10 heteroatoms. The van der Waals surface area contributed by atoms with Gasteiger partial charge >= 0.3 is 16.4 Å². The Balaban J connectivity index is 1.20. The number of fused-ring (bicyclic) bond motifs is 4. The summed E-state index contributed by atoms with van der Waals surface area (Å²) in [7, 11) is -2.89. The summed E-state index contributed by atoms with van der Waals surface area (Å²) in [6.45, 7) is 8.97. The van der Waals surface area contributed by atoms with Crippen LogP contribution in [0.5, 0.6) is 5.75 Å². The minimum atomic E-state index is -4.43. The largest absolute Gasteiger partial charge is 0.497 e. The van der Waals surface area contributed by atoms with Crippen molar-refractivity contribution in [1.82, 2.24) is 5.32 Å². The molecule has 1 aromatic rings. The van der Waals surface area contributed by atoms with Crippen molar-refractivity contribution < 1.29 is 36.6 Å². The molecule has 4 aliphatic carbocycles. The fourth-order valence-corrected chi connectivity index (χ4v) is 10.4. The Morgan fingerprint density at radius 3 is 2.46 bits per heavy atom. The van der Waals surface area contributed by atoms with E-state index in [4.69, 9.17) is 8.92 Å². The van der Waals surface area contributed by atoms with Gasteiger partial charge in [-0.05, 0) is 130 Å². The first-order valence-electron chi connectivity index (χ1n) is 16.9. The van der Waals surface area contributed by atoms with Crippen molar-refractivity contribution in [3.05, 3.63) is 52.6 Å². The highest BCUT2D eigenvalue weighted by Crippen LogP contribution is 2.66. The molecule has 3 fully saturated rings. The number of aliphatic carboxylic acids is 1. The minimum absolute atomic E-state index is 0.139. The summed E-state index contributed by atoms with van der Waals surface area (Å²) >= 11 is 0. The minimum Gasteiger partial charge on any atom is -0.497 e. The van der Waals surface area contributed by atoms with Crippen molar-refractivity contribution in [2.45, 2.75) is 110 Å². The van der Waals surface area contributed by atoms with Gasteiger partial charge in [-0.25, -0.2) is 8.98 Å². The number of allylic oxidation sites excluding steroid dienone is 3. The number of hydrogen-bond donors (Lipinski definition) is 3. The molecule has 3 saturated carbocycles. The third kappa shape index (κ3) is 6.95. The summed E-state index contributed by atoms with van der Waals surface area (Å²) in [5.74, 6) is 1.12. The Bertz CT molecular complexity index is 1480. The molecule has 0 aromatic heterocycles. The van der Waals surface area contributed by atoms with Crippen molar-refractivity contribution in [3.63, 3.8) is 0 Å². The maximum Gasteiger partial charge on any atom is 0.397 e. The summed E-state index contributed by atoms with van der Waals surface area (Å²) in [5.41, 5.74) is 4.69. The molecule has 4 aliphatic rings.